The minimum Gasteiger partial charge on any atom is -0.478 e. The highest BCUT2D eigenvalue weighted by molar-refractivity contribution is 5.96. The number of hydrogen-bond donors (Lipinski definition) is 2. The smallest absolute Gasteiger partial charge is 0.335 e. The van der Waals surface area contributed by atoms with Crippen molar-refractivity contribution >= 4 is 22.7 Å². The Bertz CT molecular complexity index is 661. The van der Waals surface area contributed by atoms with Crippen LogP contribution < -0.4 is 5.32 Å². The molecule has 96 valence electrons. The Balaban J connectivity index is 2.41. The number of aromatic carboxylic acids is 1. The Kier molecular flexibility index (Phi) is 3.62. The fraction of sp³-hybridized carbons (Fsp3) is 0.214. The predicted octanol–water partition coefficient (Wildman–Crippen LogP) is 2.15. The van der Waals surface area contributed by atoms with Crippen LogP contribution in [0.4, 0.5) is 5.82 Å². The molecule has 0 amide bonds. The second-order valence-electron chi connectivity index (χ2n) is 4.21. The Hall–Kier alpha value is -2.61. The van der Waals surface area contributed by atoms with E-state index < -0.39 is 5.97 Å². The lowest BCUT2D eigenvalue weighted by Crippen LogP contribution is -2.15. The van der Waals surface area contributed by atoms with Gasteiger partial charge in [0.25, 0.3) is 0 Å². The molecule has 1 heterocycles. The number of terminal acetylenes is 1. The molecule has 2 N–H and O–H groups in total. The molecule has 19 heavy (non-hydrogen) atoms. The van der Waals surface area contributed by atoms with Gasteiger partial charge in [-0.2, -0.15) is 0 Å². The minimum atomic E-state index is -0.976. The van der Waals surface area contributed by atoms with E-state index in [-0.39, 0.29) is 11.6 Å². The summed E-state index contributed by atoms with van der Waals surface area (Å²) in [5, 5.41) is 12.9. The highest BCUT2D eigenvalue weighted by Gasteiger charge is 2.09. The number of fused-ring (bicyclic) bond motifs is 1. The zero-order valence-electron chi connectivity index (χ0n) is 10.4. The van der Waals surface area contributed by atoms with Gasteiger partial charge in [-0.15, -0.1) is 12.3 Å². The van der Waals surface area contributed by atoms with Crippen molar-refractivity contribution in [2.24, 2.45) is 0 Å². The number of nitrogens with one attached hydrogen (secondary N) is 1. The molecule has 0 radical (unpaired) electrons. The molecule has 1 aromatic heterocycles. The van der Waals surface area contributed by atoms with Crippen LogP contribution in [-0.4, -0.2) is 27.1 Å². The summed E-state index contributed by atoms with van der Waals surface area (Å²) < 4.78 is 0. The maximum atomic E-state index is 10.9. The van der Waals surface area contributed by atoms with E-state index in [4.69, 9.17) is 11.5 Å². The van der Waals surface area contributed by atoms with E-state index in [0.29, 0.717) is 17.8 Å². The third-order valence-electron chi connectivity index (χ3n) is 2.69. The summed E-state index contributed by atoms with van der Waals surface area (Å²) in [6, 6.07) is 4.84. The van der Waals surface area contributed by atoms with E-state index in [0.717, 1.165) is 5.39 Å². The molecule has 0 bridgehead atoms. The number of anilines is 1. The van der Waals surface area contributed by atoms with Crippen LogP contribution in [-0.2, 0) is 0 Å². The van der Waals surface area contributed by atoms with Crippen molar-refractivity contribution in [3.8, 4) is 12.3 Å². The molecular formula is C14H13N3O2. The summed E-state index contributed by atoms with van der Waals surface area (Å²) in [6.07, 6.45) is 7.24. The van der Waals surface area contributed by atoms with Crippen LogP contribution in [0.25, 0.3) is 10.9 Å². The van der Waals surface area contributed by atoms with Crippen LogP contribution in [0.2, 0.25) is 0 Å². The summed E-state index contributed by atoms with van der Waals surface area (Å²) >= 11 is 0. The number of nitrogens with zero attached hydrogens (tertiary/aromatic N) is 2. The summed E-state index contributed by atoms with van der Waals surface area (Å²) in [5.74, 6) is 2.26. The average molecular weight is 255 g/mol. The van der Waals surface area contributed by atoms with E-state index >= 15 is 0 Å². The van der Waals surface area contributed by atoms with Gasteiger partial charge in [0.2, 0.25) is 0 Å². The molecule has 2 rings (SSSR count). The van der Waals surface area contributed by atoms with Crippen LogP contribution in [0.5, 0.6) is 0 Å². The molecule has 0 fully saturated rings. The molecule has 0 saturated carbocycles. The first-order chi connectivity index (χ1) is 9.11. The third-order valence-corrected chi connectivity index (χ3v) is 2.69. The number of carboxylic acid groups (broad SMARTS) is 1. The van der Waals surface area contributed by atoms with Crippen LogP contribution in [0.1, 0.15) is 23.7 Å². The quantitative estimate of drug-likeness (QED) is 0.819. The monoisotopic (exact) mass is 255 g/mol. The van der Waals surface area contributed by atoms with Gasteiger partial charge in [-0.25, -0.2) is 14.8 Å². The van der Waals surface area contributed by atoms with E-state index in [1.165, 1.54) is 18.5 Å². The van der Waals surface area contributed by atoms with E-state index in [1.54, 1.807) is 6.07 Å². The van der Waals surface area contributed by atoms with Gasteiger partial charge in [-0.05, 0) is 25.1 Å². The van der Waals surface area contributed by atoms with Gasteiger partial charge in [-0.3, -0.25) is 0 Å². The second-order valence-corrected chi connectivity index (χ2v) is 4.21. The largest absolute Gasteiger partial charge is 0.478 e. The molecule has 0 aliphatic rings. The van der Waals surface area contributed by atoms with Crippen molar-refractivity contribution in [3.05, 3.63) is 30.1 Å². The highest BCUT2D eigenvalue weighted by Crippen LogP contribution is 2.21. The Morgan fingerprint density at radius 3 is 3.00 bits per heavy atom. The molecule has 5 heteroatoms. The van der Waals surface area contributed by atoms with Crippen molar-refractivity contribution in [2.75, 3.05) is 5.32 Å². The lowest BCUT2D eigenvalue weighted by Gasteiger charge is -2.13. The standard InChI is InChI=1S/C14H13N3O2/c1-3-4-9(2)17-13-11-6-5-10(14(18)19)7-12(11)15-8-16-13/h1,5-9H,4H2,2H3,(H,18,19)(H,15,16,17). The molecule has 2 aromatic rings. The number of hydrogen-bond acceptors (Lipinski definition) is 4. The molecule has 1 aromatic carbocycles. The molecular weight excluding hydrogens is 242 g/mol. The fourth-order valence-corrected chi connectivity index (χ4v) is 1.77. The van der Waals surface area contributed by atoms with Crippen molar-refractivity contribution in [1.82, 2.24) is 9.97 Å². The summed E-state index contributed by atoms with van der Waals surface area (Å²) in [6.45, 7) is 1.96. The van der Waals surface area contributed by atoms with Crippen molar-refractivity contribution in [1.29, 1.82) is 0 Å². The molecule has 5 nitrogen and oxygen atoms in total. The topological polar surface area (TPSA) is 75.1 Å². The van der Waals surface area contributed by atoms with Crippen molar-refractivity contribution in [2.45, 2.75) is 19.4 Å². The zero-order valence-corrected chi connectivity index (χ0v) is 10.4. The van der Waals surface area contributed by atoms with Crippen LogP contribution in [0, 0.1) is 12.3 Å². The maximum absolute atomic E-state index is 10.9. The zero-order chi connectivity index (χ0) is 13.8. The summed E-state index contributed by atoms with van der Waals surface area (Å²) in [7, 11) is 0. The van der Waals surface area contributed by atoms with Gasteiger partial charge >= 0.3 is 5.97 Å². The van der Waals surface area contributed by atoms with Gasteiger partial charge in [0.1, 0.15) is 12.1 Å². The van der Waals surface area contributed by atoms with Crippen LogP contribution in [0.3, 0.4) is 0 Å². The Labute approximate surface area is 110 Å². The van der Waals surface area contributed by atoms with Crippen LogP contribution >= 0.6 is 0 Å². The van der Waals surface area contributed by atoms with E-state index in [9.17, 15) is 4.79 Å². The molecule has 0 aliphatic heterocycles. The fourth-order valence-electron chi connectivity index (χ4n) is 1.77. The van der Waals surface area contributed by atoms with Crippen molar-refractivity contribution < 1.29 is 9.90 Å². The number of aromatic nitrogens is 2. The number of carboxylic acids is 1. The highest BCUT2D eigenvalue weighted by atomic mass is 16.4. The van der Waals surface area contributed by atoms with E-state index in [2.05, 4.69) is 21.2 Å². The number of rotatable bonds is 4. The van der Waals surface area contributed by atoms with Crippen molar-refractivity contribution in [3.63, 3.8) is 0 Å². The second kappa shape index (κ2) is 5.36. The van der Waals surface area contributed by atoms with Gasteiger partial charge in [0.05, 0.1) is 11.1 Å². The van der Waals surface area contributed by atoms with Gasteiger partial charge < -0.3 is 10.4 Å². The number of carbonyl (C=O) groups is 1. The average Bonchev–Trinajstić information content (AvgIpc) is 2.38. The lowest BCUT2D eigenvalue weighted by atomic mass is 10.1. The Morgan fingerprint density at radius 2 is 2.32 bits per heavy atom. The third kappa shape index (κ3) is 2.80. The van der Waals surface area contributed by atoms with Crippen LogP contribution in [0.15, 0.2) is 24.5 Å². The van der Waals surface area contributed by atoms with Gasteiger partial charge in [-0.1, -0.05) is 0 Å². The SMILES string of the molecule is C#CCC(C)Nc1ncnc2cc(C(=O)O)ccc12. The predicted molar refractivity (Wildman–Crippen MR) is 73.0 cm³/mol. The first-order valence-corrected chi connectivity index (χ1v) is 5.80. The summed E-state index contributed by atoms with van der Waals surface area (Å²) in [4.78, 5) is 19.2. The Morgan fingerprint density at radius 1 is 1.53 bits per heavy atom. The first-order valence-electron chi connectivity index (χ1n) is 5.80. The minimum absolute atomic E-state index is 0.0854. The molecule has 1 unspecified atom stereocenters. The number of benzene rings is 1. The van der Waals surface area contributed by atoms with Gasteiger partial charge in [0.15, 0.2) is 0 Å². The normalized spacial score (nSPS) is 11.8. The maximum Gasteiger partial charge on any atom is 0.335 e. The van der Waals surface area contributed by atoms with E-state index in [1.807, 2.05) is 6.92 Å². The van der Waals surface area contributed by atoms with Gasteiger partial charge in [0, 0.05) is 17.8 Å². The first kappa shape index (κ1) is 12.8. The molecule has 1 atom stereocenters. The summed E-state index contributed by atoms with van der Waals surface area (Å²) in [5.41, 5.74) is 0.791. The molecule has 0 aliphatic carbocycles. The lowest BCUT2D eigenvalue weighted by molar-refractivity contribution is 0.0697. The molecule has 0 spiro atoms. The molecule has 0 saturated heterocycles.